The summed E-state index contributed by atoms with van der Waals surface area (Å²) in [5.74, 6) is -1.03. The van der Waals surface area contributed by atoms with Crippen molar-refractivity contribution in [2.75, 3.05) is 13.1 Å². The summed E-state index contributed by atoms with van der Waals surface area (Å²) in [6.07, 6.45) is -1.71. The summed E-state index contributed by atoms with van der Waals surface area (Å²) in [6.45, 7) is 5.25. The molecule has 2 N–H and O–H groups in total. The van der Waals surface area contributed by atoms with Gasteiger partial charge in [-0.2, -0.15) is 13.2 Å². The molecule has 1 atom stereocenters. The van der Waals surface area contributed by atoms with Crippen LogP contribution >= 0.6 is 0 Å². The van der Waals surface area contributed by atoms with E-state index in [4.69, 9.17) is 5.73 Å². The van der Waals surface area contributed by atoms with Gasteiger partial charge < -0.3 is 10.6 Å². The van der Waals surface area contributed by atoms with Crippen molar-refractivity contribution < 1.29 is 18.0 Å². The molecule has 0 aromatic carbocycles. The largest absolute Gasteiger partial charge is 0.415 e. The molecule has 0 radical (unpaired) electrons. The van der Waals surface area contributed by atoms with E-state index in [1.165, 1.54) is 4.90 Å². The zero-order valence-corrected chi connectivity index (χ0v) is 11.3. The maximum atomic E-state index is 12.7. The van der Waals surface area contributed by atoms with Gasteiger partial charge >= 0.3 is 6.18 Å². The average molecular weight is 268 g/mol. The molecule has 0 bridgehead atoms. The summed E-state index contributed by atoms with van der Waals surface area (Å²) < 4.78 is 38.1. The number of carbonyl (C=O) groups is 1. The van der Waals surface area contributed by atoms with Crippen molar-refractivity contribution in [2.24, 2.45) is 5.73 Å². The molecule has 0 saturated heterocycles. The van der Waals surface area contributed by atoms with E-state index in [2.05, 4.69) is 0 Å². The lowest BCUT2D eigenvalue weighted by Gasteiger charge is -2.33. The quantitative estimate of drug-likeness (QED) is 0.771. The lowest BCUT2D eigenvalue weighted by Crippen LogP contribution is -2.62. The summed E-state index contributed by atoms with van der Waals surface area (Å²) >= 11 is 0. The van der Waals surface area contributed by atoms with Gasteiger partial charge in [-0.3, -0.25) is 4.79 Å². The second-order valence-corrected chi connectivity index (χ2v) is 4.70. The van der Waals surface area contributed by atoms with Crippen LogP contribution in [-0.4, -0.2) is 35.6 Å². The van der Waals surface area contributed by atoms with Crippen molar-refractivity contribution in [2.45, 2.75) is 58.2 Å². The van der Waals surface area contributed by atoms with Crippen LogP contribution in [-0.2, 0) is 4.79 Å². The molecule has 0 aromatic rings. The molecule has 6 heteroatoms. The minimum Gasteiger partial charge on any atom is -0.341 e. The fourth-order valence-electron chi connectivity index (χ4n) is 1.46. The molecule has 0 aromatic heterocycles. The number of halogens is 3. The highest BCUT2D eigenvalue weighted by Gasteiger charge is 2.55. The van der Waals surface area contributed by atoms with E-state index in [9.17, 15) is 18.0 Å². The Morgan fingerprint density at radius 1 is 1.11 bits per heavy atom. The van der Waals surface area contributed by atoms with Crippen molar-refractivity contribution >= 4 is 5.91 Å². The molecule has 18 heavy (non-hydrogen) atoms. The average Bonchev–Trinajstić information content (AvgIpc) is 2.27. The molecule has 1 unspecified atom stereocenters. The summed E-state index contributed by atoms with van der Waals surface area (Å²) in [6, 6.07) is 0. The van der Waals surface area contributed by atoms with Crippen molar-refractivity contribution in [1.29, 1.82) is 0 Å². The SMILES string of the molecule is CCCCN(CCCC)C(=O)C(C)(N)C(F)(F)F. The zero-order chi connectivity index (χ0) is 14.4. The Morgan fingerprint density at radius 3 is 1.78 bits per heavy atom. The molecular formula is C12H23F3N2O. The van der Waals surface area contributed by atoms with Gasteiger partial charge in [0.25, 0.3) is 5.91 Å². The Balaban J connectivity index is 4.82. The van der Waals surface area contributed by atoms with E-state index in [-0.39, 0.29) is 0 Å². The Kier molecular flexibility index (Phi) is 6.67. The van der Waals surface area contributed by atoms with Crippen molar-refractivity contribution in [1.82, 2.24) is 4.90 Å². The molecule has 0 rings (SSSR count). The third-order valence-electron chi connectivity index (χ3n) is 2.88. The van der Waals surface area contributed by atoms with Crippen LogP contribution in [0.4, 0.5) is 13.2 Å². The molecule has 0 heterocycles. The van der Waals surface area contributed by atoms with Gasteiger partial charge in [0.2, 0.25) is 0 Å². The van der Waals surface area contributed by atoms with Crippen molar-refractivity contribution in [3.8, 4) is 0 Å². The number of nitrogens with zero attached hydrogens (tertiary/aromatic N) is 1. The summed E-state index contributed by atoms with van der Waals surface area (Å²) in [4.78, 5) is 13.1. The van der Waals surface area contributed by atoms with Crippen LogP contribution in [0.3, 0.4) is 0 Å². The monoisotopic (exact) mass is 268 g/mol. The van der Waals surface area contributed by atoms with E-state index in [1.54, 1.807) is 0 Å². The molecule has 0 aliphatic rings. The normalized spacial score (nSPS) is 15.3. The standard InChI is InChI=1S/C12H23F3N2O/c1-4-6-8-17(9-7-5-2)10(18)11(3,16)12(13,14)15/h4-9,16H2,1-3H3. The summed E-state index contributed by atoms with van der Waals surface area (Å²) in [5.41, 5.74) is 2.37. The highest BCUT2D eigenvalue weighted by Crippen LogP contribution is 2.29. The van der Waals surface area contributed by atoms with Gasteiger partial charge in [-0.15, -0.1) is 0 Å². The van der Waals surface area contributed by atoms with Gasteiger partial charge in [-0.25, -0.2) is 0 Å². The van der Waals surface area contributed by atoms with Crippen LogP contribution in [0.1, 0.15) is 46.5 Å². The molecule has 0 aliphatic carbocycles. The van der Waals surface area contributed by atoms with Gasteiger partial charge in [0, 0.05) is 13.1 Å². The number of hydrogen-bond donors (Lipinski definition) is 1. The molecule has 108 valence electrons. The van der Waals surface area contributed by atoms with Crippen LogP contribution in [0.25, 0.3) is 0 Å². The Morgan fingerprint density at radius 2 is 1.50 bits per heavy atom. The lowest BCUT2D eigenvalue weighted by molar-refractivity contribution is -0.193. The Hall–Kier alpha value is -0.780. The molecule has 0 saturated carbocycles. The Labute approximate surface area is 107 Å². The first kappa shape index (κ1) is 17.2. The fraction of sp³-hybridized carbons (Fsp3) is 0.917. The number of rotatable bonds is 7. The minimum absolute atomic E-state index is 0.332. The van der Waals surface area contributed by atoms with E-state index in [1.807, 2.05) is 13.8 Å². The van der Waals surface area contributed by atoms with Crippen LogP contribution in [0.2, 0.25) is 0 Å². The van der Waals surface area contributed by atoms with Gasteiger partial charge in [0.1, 0.15) is 0 Å². The summed E-state index contributed by atoms with van der Waals surface area (Å²) in [5, 5.41) is 0. The maximum Gasteiger partial charge on any atom is 0.415 e. The first-order valence-electron chi connectivity index (χ1n) is 6.33. The highest BCUT2D eigenvalue weighted by atomic mass is 19.4. The second kappa shape index (κ2) is 6.97. The molecule has 1 amide bonds. The predicted octanol–water partition coefficient (Wildman–Crippen LogP) is 2.69. The molecule has 0 spiro atoms. The molecule has 3 nitrogen and oxygen atoms in total. The summed E-state index contributed by atoms with van der Waals surface area (Å²) in [7, 11) is 0. The number of nitrogens with two attached hydrogens (primary N) is 1. The van der Waals surface area contributed by atoms with Gasteiger partial charge in [-0.1, -0.05) is 26.7 Å². The predicted molar refractivity (Wildman–Crippen MR) is 65.0 cm³/mol. The fourth-order valence-corrected chi connectivity index (χ4v) is 1.46. The number of unbranched alkanes of at least 4 members (excludes halogenated alkanes) is 2. The first-order valence-corrected chi connectivity index (χ1v) is 6.33. The third-order valence-corrected chi connectivity index (χ3v) is 2.88. The minimum atomic E-state index is -4.72. The van der Waals surface area contributed by atoms with E-state index in [0.717, 1.165) is 19.8 Å². The number of hydrogen-bond acceptors (Lipinski definition) is 2. The van der Waals surface area contributed by atoms with Gasteiger partial charge in [0.05, 0.1) is 0 Å². The topological polar surface area (TPSA) is 46.3 Å². The van der Waals surface area contributed by atoms with Crippen LogP contribution in [0.15, 0.2) is 0 Å². The zero-order valence-electron chi connectivity index (χ0n) is 11.3. The maximum absolute atomic E-state index is 12.7. The lowest BCUT2D eigenvalue weighted by atomic mass is 10.0. The number of alkyl halides is 3. The molecule has 0 aliphatic heterocycles. The highest BCUT2D eigenvalue weighted by molar-refractivity contribution is 5.86. The smallest absolute Gasteiger partial charge is 0.341 e. The van der Waals surface area contributed by atoms with Gasteiger partial charge in [-0.05, 0) is 19.8 Å². The van der Waals surface area contributed by atoms with Crippen LogP contribution in [0.5, 0.6) is 0 Å². The second-order valence-electron chi connectivity index (χ2n) is 4.70. The number of amides is 1. The van der Waals surface area contributed by atoms with E-state index >= 15 is 0 Å². The van der Waals surface area contributed by atoms with Crippen molar-refractivity contribution in [3.05, 3.63) is 0 Å². The molecule has 0 fully saturated rings. The molecular weight excluding hydrogens is 245 g/mol. The van der Waals surface area contributed by atoms with Crippen molar-refractivity contribution in [3.63, 3.8) is 0 Å². The van der Waals surface area contributed by atoms with Gasteiger partial charge in [0.15, 0.2) is 5.54 Å². The third kappa shape index (κ3) is 4.48. The van der Waals surface area contributed by atoms with Crippen LogP contribution < -0.4 is 5.73 Å². The van der Waals surface area contributed by atoms with Crippen LogP contribution in [0, 0.1) is 0 Å². The van der Waals surface area contributed by atoms with E-state index < -0.39 is 17.6 Å². The number of carbonyl (C=O) groups excluding carboxylic acids is 1. The Bertz CT molecular complexity index is 257. The van der Waals surface area contributed by atoms with E-state index in [0.29, 0.717) is 25.9 Å². The first-order chi connectivity index (χ1) is 8.18.